The quantitative estimate of drug-likeness (QED) is 0.839. The fourth-order valence-electron chi connectivity index (χ4n) is 2.04. The van der Waals surface area contributed by atoms with E-state index in [1.165, 1.54) is 10.9 Å². The van der Waals surface area contributed by atoms with Crippen molar-refractivity contribution in [3.8, 4) is 0 Å². The van der Waals surface area contributed by atoms with Crippen molar-refractivity contribution in [3.05, 3.63) is 51.5 Å². The maximum atomic E-state index is 13.9. The van der Waals surface area contributed by atoms with Gasteiger partial charge in [-0.25, -0.2) is 4.39 Å². The molecule has 0 bridgehead atoms. The van der Waals surface area contributed by atoms with Gasteiger partial charge in [0.15, 0.2) is 0 Å². The number of rotatable bonds is 3. The molecule has 0 radical (unpaired) electrons. The van der Waals surface area contributed by atoms with E-state index in [0.717, 1.165) is 12.1 Å². The largest absolute Gasteiger partial charge is 0.416 e. The van der Waals surface area contributed by atoms with E-state index >= 15 is 0 Å². The molecule has 3 nitrogen and oxygen atoms in total. The van der Waals surface area contributed by atoms with E-state index in [0.29, 0.717) is 22.8 Å². The van der Waals surface area contributed by atoms with Crippen LogP contribution < -0.4 is 5.73 Å². The lowest BCUT2D eigenvalue weighted by atomic mass is 10.0. The van der Waals surface area contributed by atoms with Gasteiger partial charge in [-0.15, -0.1) is 0 Å². The van der Waals surface area contributed by atoms with Crippen LogP contribution in [0.3, 0.4) is 0 Å². The topological polar surface area (TPSA) is 43.8 Å². The first-order chi connectivity index (χ1) is 9.75. The Balaban J connectivity index is 2.52. The first kappa shape index (κ1) is 16.0. The first-order valence-electron chi connectivity index (χ1n) is 6.09. The number of alkyl halides is 3. The molecule has 2 aromatic rings. The van der Waals surface area contributed by atoms with Crippen LogP contribution in [0.2, 0.25) is 0 Å². The zero-order valence-corrected chi connectivity index (χ0v) is 12.5. The fourth-order valence-corrected chi connectivity index (χ4v) is 2.58. The molecular weight excluding hydrogens is 354 g/mol. The van der Waals surface area contributed by atoms with Gasteiger partial charge in [-0.05, 0) is 41.1 Å². The number of hydrogen-bond donors (Lipinski definition) is 1. The molecule has 114 valence electrons. The van der Waals surface area contributed by atoms with Crippen molar-refractivity contribution < 1.29 is 17.6 Å². The Morgan fingerprint density at radius 1 is 1.38 bits per heavy atom. The predicted octanol–water partition coefficient (Wildman–Crippen LogP) is 3.87. The van der Waals surface area contributed by atoms with E-state index < -0.39 is 23.6 Å². The van der Waals surface area contributed by atoms with Crippen LogP contribution in [0.15, 0.2) is 28.9 Å². The summed E-state index contributed by atoms with van der Waals surface area (Å²) < 4.78 is 54.1. The number of hydrogen-bond acceptors (Lipinski definition) is 2. The normalized spacial score (nSPS) is 13.5. The number of nitrogens with zero attached hydrogens (tertiary/aromatic N) is 2. The van der Waals surface area contributed by atoms with Crippen molar-refractivity contribution in [3.63, 3.8) is 0 Å². The Kier molecular flexibility index (Phi) is 4.38. The summed E-state index contributed by atoms with van der Waals surface area (Å²) >= 11 is 3.23. The highest BCUT2D eigenvalue weighted by Gasteiger charge is 2.32. The van der Waals surface area contributed by atoms with Crippen molar-refractivity contribution >= 4 is 15.9 Å². The SMILES string of the molecule is CCn1ncc(Br)c1C(N)c1cc(C(F)(F)F)ccc1F. The van der Waals surface area contributed by atoms with E-state index in [-0.39, 0.29) is 5.56 Å². The first-order valence-corrected chi connectivity index (χ1v) is 6.88. The van der Waals surface area contributed by atoms with Gasteiger partial charge in [0.1, 0.15) is 5.82 Å². The molecule has 1 aromatic heterocycles. The standard InChI is InChI=1S/C13H12BrF4N3/c1-2-21-12(9(14)6-20-21)11(19)8-5-7(13(16,17)18)3-4-10(8)15/h3-6,11H,2,19H2,1H3. The van der Waals surface area contributed by atoms with Crippen molar-refractivity contribution in [2.45, 2.75) is 25.7 Å². The average molecular weight is 366 g/mol. The zero-order valence-electron chi connectivity index (χ0n) is 11.0. The minimum atomic E-state index is -4.55. The van der Waals surface area contributed by atoms with Crippen LogP contribution in [0.4, 0.5) is 17.6 Å². The molecule has 0 saturated carbocycles. The number of nitrogens with two attached hydrogens (primary N) is 1. The van der Waals surface area contributed by atoms with Crippen molar-refractivity contribution in [2.24, 2.45) is 5.73 Å². The smallest absolute Gasteiger partial charge is 0.319 e. The molecule has 21 heavy (non-hydrogen) atoms. The molecule has 0 spiro atoms. The highest BCUT2D eigenvalue weighted by atomic mass is 79.9. The Labute approximate surface area is 126 Å². The summed E-state index contributed by atoms with van der Waals surface area (Å²) in [5.74, 6) is -0.786. The van der Waals surface area contributed by atoms with E-state index in [4.69, 9.17) is 5.73 Å². The maximum absolute atomic E-state index is 13.9. The summed E-state index contributed by atoms with van der Waals surface area (Å²) in [6.07, 6.45) is -3.07. The molecule has 8 heteroatoms. The lowest BCUT2D eigenvalue weighted by molar-refractivity contribution is -0.137. The zero-order chi connectivity index (χ0) is 15.8. The molecule has 0 saturated heterocycles. The molecule has 2 rings (SSSR count). The van der Waals surface area contributed by atoms with Crippen molar-refractivity contribution in [1.29, 1.82) is 0 Å². The molecule has 0 amide bonds. The summed E-state index contributed by atoms with van der Waals surface area (Å²) in [5.41, 5.74) is 5.22. The number of benzene rings is 1. The highest BCUT2D eigenvalue weighted by molar-refractivity contribution is 9.10. The molecular formula is C13H12BrF4N3. The molecule has 1 atom stereocenters. The van der Waals surface area contributed by atoms with Crippen LogP contribution >= 0.6 is 15.9 Å². The van der Waals surface area contributed by atoms with Gasteiger partial charge in [-0.3, -0.25) is 4.68 Å². The minimum Gasteiger partial charge on any atom is -0.319 e. The van der Waals surface area contributed by atoms with Crippen molar-refractivity contribution in [1.82, 2.24) is 9.78 Å². The van der Waals surface area contributed by atoms with Gasteiger partial charge in [0.05, 0.1) is 28.0 Å². The summed E-state index contributed by atoms with van der Waals surface area (Å²) in [6, 6.07) is 1.15. The summed E-state index contributed by atoms with van der Waals surface area (Å²) in [7, 11) is 0. The molecule has 0 aliphatic carbocycles. The second-order valence-electron chi connectivity index (χ2n) is 4.41. The van der Waals surface area contributed by atoms with E-state index in [1.54, 1.807) is 6.92 Å². The van der Waals surface area contributed by atoms with Gasteiger partial charge >= 0.3 is 6.18 Å². The van der Waals surface area contributed by atoms with Crippen molar-refractivity contribution in [2.75, 3.05) is 0 Å². The third-order valence-corrected chi connectivity index (χ3v) is 3.70. The molecule has 0 fully saturated rings. The third-order valence-electron chi connectivity index (χ3n) is 3.09. The molecule has 0 aliphatic heterocycles. The fraction of sp³-hybridized carbons (Fsp3) is 0.308. The van der Waals surface area contributed by atoms with Gasteiger partial charge in [-0.1, -0.05) is 0 Å². The summed E-state index contributed by atoms with van der Waals surface area (Å²) in [6.45, 7) is 2.27. The number of aromatic nitrogens is 2. The van der Waals surface area contributed by atoms with Crippen LogP contribution in [0.25, 0.3) is 0 Å². The van der Waals surface area contributed by atoms with Gasteiger partial charge < -0.3 is 5.73 Å². The lowest BCUT2D eigenvalue weighted by Gasteiger charge is -2.17. The molecule has 0 aliphatic rings. The molecule has 1 aromatic carbocycles. The average Bonchev–Trinajstić information content (AvgIpc) is 2.78. The van der Waals surface area contributed by atoms with Gasteiger partial charge in [-0.2, -0.15) is 18.3 Å². The Bertz CT molecular complexity index is 651. The molecule has 2 N–H and O–H groups in total. The lowest BCUT2D eigenvalue weighted by Crippen LogP contribution is -2.20. The van der Waals surface area contributed by atoms with Gasteiger partial charge in [0.2, 0.25) is 0 Å². The van der Waals surface area contributed by atoms with E-state index in [9.17, 15) is 17.6 Å². The van der Waals surface area contributed by atoms with Crippen LogP contribution in [-0.4, -0.2) is 9.78 Å². The second-order valence-corrected chi connectivity index (χ2v) is 5.26. The highest BCUT2D eigenvalue weighted by Crippen LogP contribution is 2.34. The summed E-state index contributed by atoms with van der Waals surface area (Å²) in [5, 5.41) is 4.03. The van der Waals surface area contributed by atoms with Crippen LogP contribution in [0, 0.1) is 5.82 Å². The third kappa shape index (κ3) is 3.11. The number of halogens is 5. The van der Waals surface area contributed by atoms with E-state index in [2.05, 4.69) is 21.0 Å². The van der Waals surface area contributed by atoms with E-state index in [1.807, 2.05) is 0 Å². The van der Waals surface area contributed by atoms with Gasteiger partial charge in [0.25, 0.3) is 0 Å². The molecule has 1 unspecified atom stereocenters. The minimum absolute atomic E-state index is 0.222. The Hall–Kier alpha value is -1.41. The van der Waals surface area contributed by atoms with Crippen LogP contribution in [-0.2, 0) is 12.7 Å². The maximum Gasteiger partial charge on any atom is 0.416 e. The van der Waals surface area contributed by atoms with Gasteiger partial charge in [0, 0.05) is 12.1 Å². The summed E-state index contributed by atoms with van der Waals surface area (Å²) in [4.78, 5) is 0. The Morgan fingerprint density at radius 2 is 2.05 bits per heavy atom. The Morgan fingerprint density at radius 3 is 2.62 bits per heavy atom. The molecule has 1 heterocycles. The number of aryl methyl sites for hydroxylation is 1. The van der Waals surface area contributed by atoms with Crippen LogP contribution in [0.5, 0.6) is 0 Å². The monoisotopic (exact) mass is 365 g/mol. The predicted molar refractivity (Wildman–Crippen MR) is 73.0 cm³/mol. The van der Waals surface area contributed by atoms with Crippen LogP contribution in [0.1, 0.15) is 29.8 Å². The second kappa shape index (κ2) is 5.76.